The Hall–Kier alpha value is 1.40. The van der Waals surface area contributed by atoms with Crippen molar-refractivity contribution < 1.29 is 0 Å². The van der Waals surface area contributed by atoms with E-state index in [1.54, 1.807) is 0 Å². The second-order valence-corrected chi connectivity index (χ2v) is 7.11. The summed E-state index contributed by atoms with van der Waals surface area (Å²) in [6.45, 7) is 4.26. The molecule has 0 bridgehead atoms. The van der Waals surface area contributed by atoms with Gasteiger partial charge in [0, 0.05) is 0 Å². The van der Waals surface area contributed by atoms with E-state index in [1.165, 1.54) is 0 Å². The van der Waals surface area contributed by atoms with Gasteiger partial charge in [0.25, 0.3) is 0 Å². The largest absolute Gasteiger partial charge is 0.519 e. The van der Waals surface area contributed by atoms with Crippen molar-refractivity contribution in [2.75, 3.05) is 0 Å². The Bertz CT molecular complexity index is 40.5. The summed E-state index contributed by atoms with van der Waals surface area (Å²) in [4.78, 5) is 0. The van der Waals surface area contributed by atoms with Crippen LogP contribution < -0.4 is 0 Å². The molecular weight excluding hydrogens is 181 g/mol. The summed E-state index contributed by atoms with van der Waals surface area (Å²) in [5.41, 5.74) is 0. The van der Waals surface area contributed by atoms with Crippen LogP contribution in [0.3, 0.4) is 0 Å². The highest BCUT2D eigenvalue weighted by Crippen LogP contribution is 2.10. The Morgan fingerprint density at radius 3 is 1.75 bits per heavy atom. The lowest BCUT2D eigenvalue weighted by molar-refractivity contribution is 0.732. The fraction of sp³-hybridized carbons (Fsp3) is 1.00. The summed E-state index contributed by atoms with van der Waals surface area (Å²) < 4.78 is 0. The first-order valence-corrected chi connectivity index (χ1v) is 6.72. The van der Waals surface area contributed by atoms with E-state index in [1.807, 2.05) is 0 Å². The van der Waals surface area contributed by atoms with E-state index in [-0.39, 0.29) is 12.4 Å². The zero-order valence-corrected chi connectivity index (χ0v) is 8.51. The lowest BCUT2D eigenvalue weighted by Gasteiger charge is -1.97. The van der Waals surface area contributed by atoms with Crippen LogP contribution in [-0.2, 0) is 0 Å². The second kappa shape index (κ2) is 6.52. The predicted molar refractivity (Wildman–Crippen MR) is 44.4 cm³/mol. The van der Waals surface area contributed by atoms with Crippen LogP contribution >= 0.6 is 32.5 Å². The van der Waals surface area contributed by atoms with Gasteiger partial charge >= 0.3 is 12.3 Å². The van der Waals surface area contributed by atoms with Crippen molar-refractivity contribution in [3.8, 4) is 0 Å². The average Bonchev–Trinajstić information content (AvgIpc) is 1.27. The molecule has 8 heavy (non-hydrogen) atoms. The van der Waals surface area contributed by atoms with Crippen LogP contribution in [0.2, 0.25) is 5.28 Å². The van der Waals surface area contributed by atoms with E-state index >= 15 is 0 Å². The topological polar surface area (TPSA) is 0 Å². The van der Waals surface area contributed by atoms with Crippen molar-refractivity contribution >= 4 is 44.8 Å². The fourth-order valence-electron chi connectivity index (χ4n) is 0.356. The third kappa shape index (κ3) is 10.4. The molecule has 0 amide bonds. The van der Waals surface area contributed by atoms with Gasteiger partial charge in [-0.25, -0.2) is 20.1 Å². The molecule has 0 aromatic carbocycles. The van der Waals surface area contributed by atoms with Crippen LogP contribution in [0.4, 0.5) is 0 Å². The molecule has 0 N–H and O–H groups in total. The lowest BCUT2D eigenvalue weighted by Crippen LogP contribution is -1.97. The quantitative estimate of drug-likeness (QED) is 0.589. The summed E-state index contributed by atoms with van der Waals surface area (Å²) in [5, 5.41) is 1.03. The van der Waals surface area contributed by atoms with Crippen LogP contribution in [0.25, 0.3) is 0 Å². The minimum absolute atomic E-state index is 0. The maximum Gasteiger partial charge on any atom is 0.519 e. The van der Waals surface area contributed by atoms with Crippen LogP contribution in [0.1, 0.15) is 13.8 Å². The zero-order chi connectivity index (χ0) is 5.86. The maximum absolute atomic E-state index is 5.58. The third-order valence-electron chi connectivity index (χ3n) is 0.650. The molecule has 4 heteroatoms. The minimum atomic E-state index is -1.28. The highest BCUT2D eigenvalue weighted by atomic mass is 35.7. The molecule has 0 saturated heterocycles. The summed E-state index contributed by atoms with van der Waals surface area (Å²) in [6, 6.07) is 0. The first-order valence-electron chi connectivity index (χ1n) is 2.41. The van der Waals surface area contributed by atoms with E-state index in [0.717, 1.165) is 5.28 Å². The van der Waals surface area contributed by atoms with Gasteiger partial charge in [-0.1, -0.05) is 25.0 Å². The van der Waals surface area contributed by atoms with Crippen molar-refractivity contribution in [2.24, 2.45) is 5.92 Å². The summed E-state index contributed by atoms with van der Waals surface area (Å²) in [6.07, 6.45) is 0. The highest BCUT2D eigenvalue weighted by molar-refractivity contribution is 7.33. The molecule has 0 spiro atoms. The first-order chi connectivity index (χ1) is 3.13. The van der Waals surface area contributed by atoms with E-state index in [0.29, 0.717) is 5.92 Å². The molecule has 0 aliphatic rings. The Labute approximate surface area is 69.8 Å². The summed E-state index contributed by atoms with van der Waals surface area (Å²) in [7, 11) is 11.2. The van der Waals surface area contributed by atoms with Gasteiger partial charge < -0.3 is 0 Å². The molecule has 50 valence electrons. The molecule has 0 saturated carbocycles. The molecule has 0 fully saturated rings. The number of hydrogen-bond acceptors (Lipinski definition) is 0. The van der Waals surface area contributed by atoms with E-state index < -0.39 is 12.3 Å². The van der Waals surface area contributed by atoms with E-state index in [9.17, 15) is 0 Å². The Kier molecular flexibility index (Phi) is 9.88. The second-order valence-electron chi connectivity index (χ2n) is 2.02. The maximum atomic E-state index is 5.58. The SMILES string of the molecule is CC(C)[CH2][Al]([Cl])[Cl].Cl. The Balaban J connectivity index is 0. The molecule has 0 atom stereocenters. The first kappa shape index (κ1) is 12.1. The molecule has 0 aromatic rings. The smallest absolute Gasteiger partial charge is 0.234 e. The Morgan fingerprint density at radius 2 is 1.75 bits per heavy atom. The van der Waals surface area contributed by atoms with Gasteiger partial charge in [0.1, 0.15) is 0 Å². The molecule has 0 aromatic heterocycles. The number of rotatable bonds is 2. The lowest BCUT2D eigenvalue weighted by atomic mass is 10.3. The fourth-order valence-corrected chi connectivity index (χ4v) is 3.21. The standard InChI is InChI=1S/C4H9.Al.3ClH/c1-4(2)3;;;;/h4H,1H2,2-3H3;;3*1H/q;+2;;;/p-2. The van der Waals surface area contributed by atoms with Crippen LogP contribution in [0.15, 0.2) is 0 Å². The van der Waals surface area contributed by atoms with Gasteiger partial charge in [-0.3, -0.25) is 0 Å². The number of hydrogen-bond donors (Lipinski definition) is 0. The highest BCUT2D eigenvalue weighted by Gasteiger charge is 2.11. The van der Waals surface area contributed by atoms with Crippen molar-refractivity contribution in [1.82, 2.24) is 0 Å². The van der Waals surface area contributed by atoms with Gasteiger partial charge in [0.05, 0.1) is 0 Å². The molecule has 0 aliphatic carbocycles. The molecule has 0 unspecified atom stereocenters. The van der Waals surface area contributed by atoms with Crippen molar-refractivity contribution in [3.63, 3.8) is 0 Å². The molecule has 0 nitrogen and oxygen atoms in total. The third-order valence-corrected chi connectivity index (χ3v) is 3.02. The van der Waals surface area contributed by atoms with Crippen molar-refractivity contribution in [2.45, 2.75) is 19.1 Å². The van der Waals surface area contributed by atoms with Gasteiger partial charge in [-0.15, -0.1) is 12.4 Å². The normalized spacial score (nSPS) is 8.62. The van der Waals surface area contributed by atoms with Gasteiger partial charge in [-0.05, 0) is 0 Å². The molecule has 0 radical (unpaired) electrons. The zero-order valence-electron chi connectivity index (χ0n) is 5.03. The van der Waals surface area contributed by atoms with Crippen LogP contribution in [0, 0.1) is 5.92 Å². The molecule has 0 heterocycles. The van der Waals surface area contributed by atoms with Gasteiger partial charge in [-0.2, -0.15) is 0 Å². The van der Waals surface area contributed by atoms with Crippen LogP contribution in [0.5, 0.6) is 0 Å². The average molecular weight is 191 g/mol. The summed E-state index contributed by atoms with van der Waals surface area (Å²) >= 11 is -1.28. The van der Waals surface area contributed by atoms with Crippen molar-refractivity contribution in [1.29, 1.82) is 0 Å². The van der Waals surface area contributed by atoms with Gasteiger partial charge in [0.2, 0.25) is 0 Å². The van der Waals surface area contributed by atoms with Crippen molar-refractivity contribution in [3.05, 3.63) is 0 Å². The molecule has 0 rings (SSSR count). The predicted octanol–water partition coefficient (Wildman–Crippen LogP) is 3.03. The Morgan fingerprint density at radius 1 is 1.38 bits per heavy atom. The summed E-state index contributed by atoms with van der Waals surface area (Å²) in [5.74, 6) is 0.673. The minimum Gasteiger partial charge on any atom is -0.234 e. The molecular formula is C4H10AlCl3. The van der Waals surface area contributed by atoms with Crippen LogP contribution in [-0.4, -0.2) is 12.3 Å². The molecule has 0 aliphatic heterocycles. The number of halogens is 3. The monoisotopic (exact) mass is 190 g/mol. The van der Waals surface area contributed by atoms with E-state index in [4.69, 9.17) is 20.1 Å². The van der Waals surface area contributed by atoms with Gasteiger partial charge in [0.15, 0.2) is 0 Å². The van der Waals surface area contributed by atoms with E-state index in [2.05, 4.69) is 13.8 Å².